The Balaban J connectivity index is 2.30. The lowest BCUT2D eigenvalue weighted by atomic mass is 9.96. The molecule has 0 aliphatic heterocycles. The van der Waals surface area contributed by atoms with Gasteiger partial charge in [-0.05, 0) is 0 Å². The van der Waals surface area contributed by atoms with Crippen molar-refractivity contribution in [3.05, 3.63) is 50.5 Å². The fourth-order valence-corrected chi connectivity index (χ4v) is 1.52. The number of nitro groups is 1. The highest BCUT2D eigenvalue weighted by molar-refractivity contribution is 5.25. The highest BCUT2D eigenvalue weighted by atomic mass is 16.6. The normalized spacial score (nSPS) is 11.6. The second kappa shape index (κ2) is 4.87. The smallest absolute Gasteiger partial charge is 0.285 e. The van der Waals surface area contributed by atoms with Crippen molar-refractivity contribution in [3.63, 3.8) is 0 Å². The Morgan fingerprint density at radius 3 is 2.65 bits per heavy atom. The number of hydrogen-bond donors (Lipinski definition) is 0. The van der Waals surface area contributed by atoms with Crippen molar-refractivity contribution in [1.82, 2.24) is 14.7 Å². The van der Waals surface area contributed by atoms with Crippen molar-refractivity contribution in [3.8, 4) is 0 Å². The maximum Gasteiger partial charge on any atom is 0.285 e. The van der Waals surface area contributed by atoms with Crippen LogP contribution in [-0.2, 0) is 12.0 Å². The molecule has 106 valence electrons. The molecule has 0 saturated carbocycles. The van der Waals surface area contributed by atoms with E-state index in [1.165, 1.54) is 0 Å². The fourth-order valence-electron chi connectivity index (χ4n) is 1.52. The van der Waals surface area contributed by atoms with Crippen LogP contribution >= 0.6 is 0 Å². The molecule has 0 bridgehead atoms. The Hall–Kier alpha value is -2.51. The molecule has 0 spiro atoms. The van der Waals surface area contributed by atoms with Gasteiger partial charge in [0, 0.05) is 17.5 Å². The molecule has 0 atom stereocenters. The van der Waals surface area contributed by atoms with Crippen molar-refractivity contribution in [2.45, 2.75) is 32.7 Å². The predicted octanol–water partition coefficient (Wildman–Crippen LogP) is 1.49. The largest absolute Gasteiger partial charge is 0.337 e. The number of pyridine rings is 1. The molecule has 0 unspecified atom stereocenters. The van der Waals surface area contributed by atoms with Crippen LogP contribution in [0, 0.1) is 10.1 Å². The standard InChI is InChI=1S/C12H14N4O4/c1-12(2,3)11-13-9(20-14-11)7-15-6-8(16(18)19)4-5-10(15)17/h4-6H,7H2,1-3H3. The van der Waals surface area contributed by atoms with Crippen molar-refractivity contribution >= 4 is 5.69 Å². The number of nitrogens with zero attached hydrogens (tertiary/aromatic N) is 4. The Bertz CT molecular complexity index is 696. The highest BCUT2D eigenvalue weighted by Crippen LogP contribution is 2.18. The molecule has 2 aromatic rings. The SMILES string of the molecule is CC(C)(C)c1noc(Cn2cc([N+](=O)[O-])ccc2=O)n1. The van der Waals surface area contributed by atoms with Gasteiger partial charge in [-0.2, -0.15) is 4.98 Å². The van der Waals surface area contributed by atoms with Gasteiger partial charge in [0.2, 0.25) is 5.89 Å². The molecule has 20 heavy (non-hydrogen) atoms. The lowest BCUT2D eigenvalue weighted by molar-refractivity contribution is -0.385. The summed E-state index contributed by atoms with van der Waals surface area (Å²) >= 11 is 0. The third-order valence-corrected chi connectivity index (χ3v) is 2.62. The molecular weight excluding hydrogens is 264 g/mol. The molecule has 2 rings (SSSR count). The van der Waals surface area contributed by atoms with E-state index in [1.54, 1.807) is 0 Å². The molecule has 2 heterocycles. The zero-order chi connectivity index (χ0) is 14.9. The van der Waals surface area contributed by atoms with Crippen LogP contribution in [-0.4, -0.2) is 19.6 Å². The molecule has 0 amide bonds. The molecule has 8 nitrogen and oxygen atoms in total. The van der Waals surface area contributed by atoms with E-state index < -0.39 is 4.92 Å². The van der Waals surface area contributed by atoms with E-state index in [9.17, 15) is 14.9 Å². The Morgan fingerprint density at radius 2 is 2.10 bits per heavy atom. The zero-order valence-electron chi connectivity index (χ0n) is 11.4. The molecule has 0 aliphatic carbocycles. The first-order chi connectivity index (χ1) is 9.27. The lowest BCUT2D eigenvalue weighted by Crippen LogP contribution is -2.20. The van der Waals surface area contributed by atoms with Crippen molar-refractivity contribution < 1.29 is 9.45 Å². The summed E-state index contributed by atoms with van der Waals surface area (Å²) in [4.78, 5) is 26.0. The van der Waals surface area contributed by atoms with Crippen LogP contribution < -0.4 is 5.56 Å². The van der Waals surface area contributed by atoms with Crippen LogP contribution in [0.4, 0.5) is 5.69 Å². The van der Waals surface area contributed by atoms with Crippen LogP contribution in [0.3, 0.4) is 0 Å². The van der Waals surface area contributed by atoms with Gasteiger partial charge in [0.15, 0.2) is 5.82 Å². The lowest BCUT2D eigenvalue weighted by Gasteiger charge is -2.10. The van der Waals surface area contributed by atoms with Gasteiger partial charge in [-0.1, -0.05) is 25.9 Å². The fraction of sp³-hybridized carbons (Fsp3) is 0.417. The predicted molar refractivity (Wildman–Crippen MR) is 69.5 cm³/mol. The Morgan fingerprint density at radius 1 is 1.40 bits per heavy atom. The van der Waals surface area contributed by atoms with Crippen LogP contribution in [0.2, 0.25) is 0 Å². The first-order valence-corrected chi connectivity index (χ1v) is 5.95. The molecule has 2 aromatic heterocycles. The summed E-state index contributed by atoms with van der Waals surface area (Å²) in [7, 11) is 0. The maximum absolute atomic E-state index is 11.7. The Labute approximate surface area is 114 Å². The van der Waals surface area contributed by atoms with Gasteiger partial charge in [-0.3, -0.25) is 19.5 Å². The quantitative estimate of drug-likeness (QED) is 0.622. The average molecular weight is 278 g/mol. The van der Waals surface area contributed by atoms with Crippen LogP contribution in [0.15, 0.2) is 27.6 Å². The molecule has 0 radical (unpaired) electrons. The van der Waals surface area contributed by atoms with Crippen LogP contribution in [0.25, 0.3) is 0 Å². The molecule has 0 aliphatic rings. The summed E-state index contributed by atoms with van der Waals surface area (Å²) in [5.74, 6) is 0.753. The molecule has 0 fully saturated rings. The van der Waals surface area contributed by atoms with Gasteiger partial charge >= 0.3 is 0 Å². The second-order valence-electron chi connectivity index (χ2n) is 5.37. The number of hydrogen-bond acceptors (Lipinski definition) is 6. The third kappa shape index (κ3) is 2.90. The summed E-state index contributed by atoms with van der Waals surface area (Å²) in [5.41, 5.74) is -0.804. The van der Waals surface area contributed by atoms with E-state index in [1.807, 2.05) is 20.8 Å². The van der Waals surface area contributed by atoms with E-state index in [2.05, 4.69) is 10.1 Å². The molecular formula is C12H14N4O4. The van der Waals surface area contributed by atoms with Crippen LogP contribution in [0.1, 0.15) is 32.5 Å². The van der Waals surface area contributed by atoms with E-state index in [-0.39, 0.29) is 29.1 Å². The van der Waals surface area contributed by atoms with Gasteiger partial charge in [-0.15, -0.1) is 0 Å². The summed E-state index contributed by atoms with van der Waals surface area (Å²) < 4.78 is 6.22. The van der Waals surface area contributed by atoms with Crippen LogP contribution in [0.5, 0.6) is 0 Å². The van der Waals surface area contributed by atoms with E-state index >= 15 is 0 Å². The minimum absolute atomic E-state index is 0.00356. The topological polar surface area (TPSA) is 104 Å². The second-order valence-corrected chi connectivity index (χ2v) is 5.37. The maximum atomic E-state index is 11.7. The molecule has 0 aromatic carbocycles. The molecule has 0 saturated heterocycles. The number of aromatic nitrogens is 3. The van der Waals surface area contributed by atoms with Crippen molar-refractivity contribution in [2.24, 2.45) is 0 Å². The van der Waals surface area contributed by atoms with Gasteiger partial charge < -0.3 is 4.52 Å². The first kappa shape index (κ1) is 13.9. The Kier molecular flexibility index (Phi) is 3.39. The monoisotopic (exact) mass is 278 g/mol. The van der Waals surface area contributed by atoms with Crippen molar-refractivity contribution in [2.75, 3.05) is 0 Å². The van der Waals surface area contributed by atoms with Gasteiger partial charge in [0.1, 0.15) is 6.54 Å². The van der Waals surface area contributed by atoms with E-state index in [0.29, 0.717) is 5.82 Å². The van der Waals surface area contributed by atoms with Crippen molar-refractivity contribution in [1.29, 1.82) is 0 Å². The van der Waals surface area contributed by atoms with E-state index in [0.717, 1.165) is 22.9 Å². The summed E-state index contributed by atoms with van der Waals surface area (Å²) in [6.07, 6.45) is 1.16. The minimum atomic E-state index is -0.565. The van der Waals surface area contributed by atoms with Gasteiger partial charge in [0.25, 0.3) is 11.2 Å². The zero-order valence-corrected chi connectivity index (χ0v) is 11.4. The van der Waals surface area contributed by atoms with E-state index in [4.69, 9.17) is 4.52 Å². The summed E-state index contributed by atoms with van der Waals surface area (Å²) in [6.45, 7) is 5.80. The van der Waals surface area contributed by atoms with Gasteiger partial charge in [-0.25, -0.2) is 0 Å². The average Bonchev–Trinajstić information content (AvgIpc) is 2.80. The number of rotatable bonds is 3. The first-order valence-electron chi connectivity index (χ1n) is 5.95. The third-order valence-electron chi connectivity index (χ3n) is 2.62. The molecule has 0 N–H and O–H groups in total. The van der Waals surface area contributed by atoms with Gasteiger partial charge in [0.05, 0.1) is 11.1 Å². The minimum Gasteiger partial charge on any atom is -0.337 e. The summed E-state index contributed by atoms with van der Waals surface area (Å²) in [5, 5.41) is 14.5. The highest BCUT2D eigenvalue weighted by Gasteiger charge is 2.21. The summed E-state index contributed by atoms with van der Waals surface area (Å²) in [6, 6.07) is 2.30. The molecule has 8 heteroatoms.